The lowest BCUT2D eigenvalue weighted by Gasteiger charge is -2.31. The van der Waals surface area contributed by atoms with E-state index in [1.54, 1.807) is 11.5 Å². The van der Waals surface area contributed by atoms with Crippen LogP contribution in [0.2, 0.25) is 0 Å². The van der Waals surface area contributed by atoms with E-state index in [0.717, 1.165) is 53.8 Å². The molecule has 0 radical (unpaired) electrons. The van der Waals surface area contributed by atoms with Crippen molar-refractivity contribution in [1.29, 1.82) is 0 Å². The molecule has 0 saturated carbocycles. The molecule has 0 atom stereocenters. The number of nitrogens with one attached hydrogen (secondary N) is 1. The highest BCUT2D eigenvalue weighted by Gasteiger charge is 2.22. The number of benzene rings is 2. The standard InChI is InChI=1S/C23H27N3O2S/c1-16-6-5-8-20(17(16)2)24-22(27)15-25-12-10-18(11-13-25)14-26-23(28)19-7-3-4-9-21(19)29-26/h3-9,18H,10-15H2,1-2H3,(H,24,27). The fourth-order valence-corrected chi connectivity index (χ4v) is 5.08. The first-order chi connectivity index (χ1) is 14.0. The molecule has 1 aliphatic heterocycles. The summed E-state index contributed by atoms with van der Waals surface area (Å²) in [6.07, 6.45) is 2.02. The second-order valence-electron chi connectivity index (χ2n) is 7.97. The summed E-state index contributed by atoms with van der Waals surface area (Å²) in [7, 11) is 0. The van der Waals surface area contributed by atoms with Crippen LogP contribution in [0.1, 0.15) is 24.0 Å². The molecule has 0 bridgehead atoms. The van der Waals surface area contributed by atoms with Crippen molar-refractivity contribution in [2.75, 3.05) is 25.0 Å². The van der Waals surface area contributed by atoms with Crippen molar-refractivity contribution in [3.63, 3.8) is 0 Å². The number of hydrogen-bond donors (Lipinski definition) is 1. The third-order valence-electron chi connectivity index (χ3n) is 5.93. The van der Waals surface area contributed by atoms with Gasteiger partial charge in [0.05, 0.1) is 16.6 Å². The Hall–Kier alpha value is -2.44. The van der Waals surface area contributed by atoms with Crippen LogP contribution in [-0.4, -0.2) is 34.4 Å². The van der Waals surface area contributed by atoms with Crippen LogP contribution in [0.4, 0.5) is 5.69 Å². The third kappa shape index (κ3) is 4.43. The maximum Gasteiger partial charge on any atom is 0.268 e. The summed E-state index contributed by atoms with van der Waals surface area (Å²) in [5.74, 6) is 0.525. The van der Waals surface area contributed by atoms with Gasteiger partial charge >= 0.3 is 0 Å². The van der Waals surface area contributed by atoms with Crippen LogP contribution in [0.25, 0.3) is 10.1 Å². The molecule has 5 nitrogen and oxygen atoms in total. The van der Waals surface area contributed by atoms with Gasteiger partial charge in [0, 0.05) is 12.2 Å². The summed E-state index contributed by atoms with van der Waals surface area (Å²) in [6, 6.07) is 13.8. The van der Waals surface area contributed by atoms with E-state index in [9.17, 15) is 9.59 Å². The summed E-state index contributed by atoms with van der Waals surface area (Å²) < 4.78 is 2.95. The average molecular weight is 410 g/mol. The summed E-state index contributed by atoms with van der Waals surface area (Å²) >= 11 is 1.56. The van der Waals surface area contributed by atoms with Gasteiger partial charge in [-0.05, 0) is 75.0 Å². The number of aromatic nitrogens is 1. The van der Waals surface area contributed by atoms with E-state index in [4.69, 9.17) is 0 Å². The zero-order chi connectivity index (χ0) is 20.4. The Kier molecular flexibility index (Phi) is 5.83. The molecule has 1 aromatic heterocycles. The highest BCUT2D eigenvalue weighted by atomic mass is 32.1. The lowest BCUT2D eigenvalue weighted by Crippen LogP contribution is -2.40. The average Bonchev–Trinajstić information content (AvgIpc) is 3.03. The number of amides is 1. The highest BCUT2D eigenvalue weighted by molar-refractivity contribution is 7.13. The maximum atomic E-state index is 12.5. The van der Waals surface area contributed by atoms with E-state index in [0.29, 0.717) is 12.5 Å². The van der Waals surface area contributed by atoms with E-state index in [2.05, 4.69) is 23.2 Å². The molecule has 1 N–H and O–H groups in total. The van der Waals surface area contributed by atoms with Gasteiger partial charge in [0.25, 0.3) is 5.56 Å². The largest absolute Gasteiger partial charge is 0.325 e. The highest BCUT2D eigenvalue weighted by Crippen LogP contribution is 2.23. The van der Waals surface area contributed by atoms with Crippen molar-refractivity contribution in [2.24, 2.45) is 5.92 Å². The van der Waals surface area contributed by atoms with Gasteiger partial charge in [-0.2, -0.15) is 0 Å². The van der Waals surface area contributed by atoms with Crippen LogP contribution in [0.5, 0.6) is 0 Å². The Bertz CT molecular complexity index is 1080. The molecular formula is C23H27N3O2S. The number of nitrogens with zero attached hydrogens (tertiary/aromatic N) is 2. The zero-order valence-electron chi connectivity index (χ0n) is 17.0. The van der Waals surface area contributed by atoms with Crippen molar-refractivity contribution in [2.45, 2.75) is 33.2 Å². The number of fused-ring (bicyclic) bond motifs is 1. The monoisotopic (exact) mass is 409 g/mol. The Morgan fingerprint density at radius 3 is 2.62 bits per heavy atom. The predicted molar refractivity (Wildman–Crippen MR) is 120 cm³/mol. The van der Waals surface area contributed by atoms with E-state index in [-0.39, 0.29) is 11.5 Å². The van der Waals surface area contributed by atoms with Crippen LogP contribution in [0, 0.1) is 19.8 Å². The van der Waals surface area contributed by atoms with Gasteiger partial charge in [-0.3, -0.25) is 18.4 Å². The topological polar surface area (TPSA) is 54.3 Å². The molecule has 3 aromatic rings. The van der Waals surface area contributed by atoms with Crippen LogP contribution in [0.15, 0.2) is 47.3 Å². The summed E-state index contributed by atoms with van der Waals surface area (Å²) in [4.78, 5) is 27.2. The molecule has 2 heterocycles. The summed E-state index contributed by atoms with van der Waals surface area (Å²) in [5.41, 5.74) is 3.32. The lowest BCUT2D eigenvalue weighted by atomic mass is 9.97. The minimum absolute atomic E-state index is 0.0397. The fraction of sp³-hybridized carbons (Fsp3) is 0.391. The molecule has 0 unspecified atom stereocenters. The first-order valence-electron chi connectivity index (χ1n) is 10.2. The van der Waals surface area contributed by atoms with Gasteiger partial charge < -0.3 is 5.32 Å². The van der Waals surface area contributed by atoms with E-state index < -0.39 is 0 Å². The molecule has 152 valence electrons. The minimum Gasteiger partial charge on any atom is -0.325 e. The normalized spacial score (nSPS) is 15.7. The number of hydrogen-bond acceptors (Lipinski definition) is 4. The van der Waals surface area contributed by atoms with Gasteiger partial charge in [0.1, 0.15) is 0 Å². The number of carbonyl (C=O) groups excluding carboxylic acids is 1. The van der Waals surface area contributed by atoms with Crippen molar-refractivity contribution in [3.8, 4) is 0 Å². The third-order valence-corrected chi connectivity index (χ3v) is 7.02. The molecule has 1 aliphatic rings. The van der Waals surface area contributed by atoms with Crippen LogP contribution < -0.4 is 10.9 Å². The van der Waals surface area contributed by atoms with Crippen LogP contribution in [0.3, 0.4) is 0 Å². The van der Waals surface area contributed by atoms with E-state index >= 15 is 0 Å². The number of aryl methyl sites for hydroxylation is 1. The molecular weight excluding hydrogens is 382 g/mol. The molecule has 1 saturated heterocycles. The van der Waals surface area contributed by atoms with Gasteiger partial charge in [-0.15, -0.1) is 0 Å². The Balaban J connectivity index is 1.30. The second-order valence-corrected chi connectivity index (χ2v) is 9.03. The number of piperidine rings is 1. The number of anilines is 1. The first kappa shape index (κ1) is 19.9. The Morgan fingerprint density at radius 1 is 1.10 bits per heavy atom. The smallest absolute Gasteiger partial charge is 0.268 e. The summed E-state index contributed by atoms with van der Waals surface area (Å²) in [5, 5.41) is 3.87. The molecule has 29 heavy (non-hydrogen) atoms. The molecule has 1 fully saturated rings. The Morgan fingerprint density at radius 2 is 1.86 bits per heavy atom. The number of carbonyl (C=O) groups is 1. The molecule has 2 aromatic carbocycles. The first-order valence-corrected chi connectivity index (χ1v) is 11.0. The van der Waals surface area contributed by atoms with Crippen molar-refractivity contribution in [1.82, 2.24) is 8.86 Å². The Labute approximate surface area is 175 Å². The number of likely N-dealkylation sites (tertiary alicyclic amines) is 1. The van der Waals surface area contributed by atoms with Crippen LogP contribution in [-0.2, 0) is 11.3 Å². The molecule has 0 aliphatic carbocycles. The van der Waals surface area contributed by atoms with Crippen molar-refractivity contribution >= 4 is 33.2 Å². The van der Waals surface area contributed by atoms with E-state index in [1.807, 2.05) is 47.3 Å². The zero-order valence-corrected chi connectivity index (χ0v) is 17.8. The summed E-state index contributed by atoms with van der Waals surface area (Å²) in [6.45, 7) is 7.07. The quantitative estimate of drug-likeness (QED) is 0.692. The van der Waals surface area contributed by atoms with Gasteiger partial charge in [-0.1, -0.05) is 35.8 Å². The maximum absolute atomic E-state index is 12.5. The number of rotatable bonds is 5. The minimum atomic E-state index is 0.0397. The van der Waals surface area contributed by atoms with Crippen molar-refractivity contribution < 1.29 is 4.79 Å². The van der Waals surface area contributed by atoms with E-state index in [1.165, 1.54) is 5.56 Å². The SMILES string of the molecule is Cc1cccc(NC(=O)CN2CCC(Cn3sc4ccccc4c3=O)CC2)c1C. The van der Waals surface area contributed by atoms with Crippen molar-refractivity contribution in [3.05, 3.63) is 63.9 Å². The molecule has 4 rings (SSSR count). The second kappa shape index (κ2) is 8.51. The van der Waals surface area contributed by atoms with Crippen LogP contribution >= 0.6 is 11.5 Å². The van der Waals surface area contributed by atoms with Gasteiger partial charge in [0.2, 0.25) is 5.91 Å². The fourth-order valence-electron chi connectivity index (χ4n) is 3.98. The predicted octanol–water partition coefficient (Wildman–Crippen LogP) is 4.03. The van der Waals surface area contributed by atoms with Gasteiger partial charge in [-0.25, -0.2) is 0 Å². The lowest BCUT2D eigenvalue weighted by molar-refractivity contribution is -0.117. The molecule has 0 spiro atoms. The van der Waals surface area contributed by atoms with Gasteiger partial charge in [0.15, 0.2) is 0 Å². The molecule has 1 amide bonds. The molecule has 6 heteroatoms.